The monoisotopic (exact) mass is 285 g/mol. The summed E-state index contributed by atoms with van der Waals surface area (Å²) >= 11 is 0. The number of amidine groups is 1. The molecular formula is C16H19N3O2. The van der Waals surface area contributed by atoms with Crippen molar-refractivity contribution in [1.29, 1.82) is 0 Å². The Bertz CT molecular complexity index is 599. The van der Waals surface area contributed by atoms with Crippen LogP contribution in [0.4, 0.5) is 5.69 Å². The van der Waals surface area contributed by atoms with Crippen molar-refractivity contribution >= 4 is 11.5 Å². The first-order valence-electron chi connectivity index (χ1n) is 6.65. The van der Waals surface area contributed by atoms with Crippen molar-refractivity contribution in [3.8, 4) is 5.75 Å². The van der Waals surface area contributed by atoms with Gasteiger partial charge in [-0.1, -0.05) is 41.6 Å². The highest BCUT2D eigenvalue weighted by molar-refractivity contribution is 5.80. The SMILES string of the molecule is COc1cccc(NC(CC(N)=NO)c2ccccc2)c1. The largest absolute Gasteiger partial charge is 0.497 e. The van der Waals surface area contributed by atoms with Crippen molar-refractivity contribution in [3.05, 3.63) is 60.2 Å². The molecule has 0 bridgehead atoms. The second-order valence-corrected chi connectivity index (χ2v) is 4.64. The minimum absolute atomic E-state index is 0.0887. The van der Waals surface area contributed by atoms with Crippen LogP contribution in [0.25, 0.3) is 0 Å². The summed E-state index contributed by atoms with van der Waals surface area (Å²) in [5.41, 5.74) is 7.63. The van der Waals surface area contributed by atoms with Gasteiger partial charge in [0.25, 0.3) is 0 Å². The van der Waals surface area contributed by atoms with Gasteiger partial charge >= 0.3 is 0 Å². The van der Waals surface area contributed by atoms with Gasteiger partial charge in [-0.05, 0) is 17.7 Å². The van der Waals surface area contributed by atoms with Crippen LogP contribution in [-0.2, 0) is 0 Å². The summed E-state index contributed by atoms with van der Waals surface area (Å²) < 4.78 is 5.22. The van der Waals surface area contributed by atoms with Crippen LogP contribution < -0.4 is 15.8 Å². The van der Waals surface area contributed by atoms with Crippen molar-refractivity contribution in [2.24, 2.45) is 10.9 Å². The molecule has 0 aliphatic carbocycles. The summed E-state index contributed by atoms with van der Waals surface area (Å²) in [6.07, 6.45) is 0.401. The van der Waals surface area contributed by atoms with E-state index in [1.54, 1.807) is 7.11 Å². The number of hydrogen-bond donors (Lipinski definition) is 3. The lowest BCUT2D eigenvalue weighted by Crippen LogP contribution is -2.21. The second kappa shape index (κ2) is 7.19. The number of nitrogens with one attached hydrogen (secondary N) is 1. The van der Waals surface area contributed by atoms with Crippen LogP contribution in [-0.4, -0.2) is 18.2 Å². The molecule has 4 N–H and O–H groups in total. The Labute approximate surface area is 124 Å². The molecule has 1 atom stereocenters. The summed E-state index contributed by atoms with van der Waals surface area (Å²) in [6.45, 7) is 0. The number of hydrogen-bond acceptors (Lipinski definition) is 4. The number of nitrogens with two attached hydrogens (primary N) is 1. The van der Waals surface area contributed by atoms with Crippen LogP contribution in [0.2, 0.25) is 0 Å². The average molecular weight is 285 g/mol. The van der Waals surface area contributed by atoms with Gasteiger partial charge in [-0.2, -0.15) is 0 Å². The van der Waals surface area contributed by atoms with Crippen LogP contribution >= 0.6 is 0 Å². The third-order valence-corrected chi connectivity index (χ3v) is 3.15. The predicted octanol–water partition coefficient (Wildman–Crippen LogP) is 2.98. The van der Waals surface area contributed by atoms with Crippen molar-refractivity contribution in [2.75, 3.05) is 12.4 Å². The summed E-state index contributed by atoms with van der Waals surface area (Å²) in [5.74, 6) is 0.954. The zero-order chi connectivity index (χ0) is 15.1. The fourth-order valence-electron chi connectivity index (χ4n) is 2.10. The highest BCUT2D eigenvalue weighted by Crippen LogP contribution is 2.25. The fourth-order valence-corrected chi connectivity index (χ4v) is 2.10. The lowest BCUT2D eigenvalue weighted by Gasteiger charge is -2.20. The summed E-state index contributed by atoms with van der Waals surface area (Å²) in [4.78, 5) is 0. The predicted molar refractivity (Wildman–Crippen MR) is 83.8 cm³/mol. The van der Waals surface area contributed by atoms with Crippen molar-refractivity contribution in [2.45, 2.75) is 12.5 Å². The first-order chi connectivity index (χ1) is 10.2. The Hall–Kier alpha value is -2.69. The maximum absolute atomic E-state index is 8.79. The Morgan fingerprint density at radius 3 is 2.67 bits per heavy atom. The summed E-state index contributed by atoms with van der Waals surface area (Å²) in [6, 6.07) is 17.4. The molecule has 5 heteroatoms. The van der Waals surface area contributed by atoms with E-state index in [1.807, 2.05) is 54.6 Å². The second-order valence-electron chi connectivity index (χ2n) is 4.64. The lowest BCUT2D eigenvalue weighted by atomic mass is 10.0. The topological polar surface area (TPSA) is 79.9 Å². The zero-order valence-corrected chi connectivity index (χ0v) is 11.9. The van der Waals surface area contributed by atoms with Crippen molar-refractivity contribution in [3.63, 3.8) is 0 Å². The first-order valence-corrected chi connectivity index (χ1v) is 6.65. The molecule has 2 aromatic rings. The van der Waals surface area contributed by atoms with Gasteiger partial charge in [-0.3, -0.25) is 0 Å². The number of oxime groups is 1. The first kappa shape index (κ1) is 14.7. The third kappa shape index (κ3) is 4.14. The molecule has 0 aliphatic rings. The molecule has 2 aromatic carbocycles. The molecule has 0 saturated heterocycles. The molecule has 1 unspecified atom stereocenters. The van der Waals surface area contributed by atoms with E-state index in [9.17, 15) is 0 Å². The van der Waals surface area contributed by atoms with E-state index >= 15 is 0 Å². The van der Waals surface area contributed by atoms with Crippen LogP contribution in [0.1, 0.15) is 18.0 Å². The molecule has 0 spiro atoms. The normalized spacial score (nSPS) is 12.7. The summed E-state index contributed by atoms with van der Waals surface area (Å²) in [5, 5.41) is 15.2. The molecule has 0 aliphatic heterocycles. The molecule has 0 amide bonds. The molecule has 0 saturated carbocycles. The number of ether oxygens (including phenoxy) is 1. The quantitative estimate of drug-likeness (QED) is 0.330. The Kier molecular flexibility index (Phi) is 5.04. The van der Waals surface area contributed by atoms with Gasteiger partial charge in [-0.25, -0.2) is 0 Å². The number of methoxy groups -OCH3 is 1. The molecule has 0 radical (unpaired) electrons. The Morgan fingerprint density at radius 1 is 1.24 bits per heavy atom. The maximum Gasteiger partial charge on any atom is 0.141 e. The molecule has 110 valence electrons. The highest BCUT2D eigenvalue weighted by Gasteiger charge is 2.13. The van der Waals surface area contributed by atoms with Crippen LogP contribution in [0.15, 0.2) is 59.8 Å². The van der Waals surface area contributed by atoms with Crippen LogP contribution in [0, 0.1) is 0 Å². The number of anilines is 1. The number of benzene rings is 2. The molecular weight excluding hydrogens is 266 g/mol. The van der Waals surface area contributed by atoms with Gasteiger partial charge in [0.15, 0.2) is 0 Å². The maximum atomic E-state index is 8.79. The van der Waals surface area contributed by atoms with E-state index in [-0.39, 0.29) is 11.9 Å². The molecule has 0 heterocycles. The number of nitrogens with zero attached hydrogens (tertiary/aromatic N) is 1. The molecule has 0 fully saturated rings. The van der Waals surface area contributed by atoms with Gasteiger partial charge in [-0.15, -0.1) is 0 Å². The van der Waals surface area contributed by atoms with E-state index in [1.165, 1.54) is 0 Å². The van der Waals surface area contributed by atoms with Crippen molar-refractivity contribution in [1.82, 2.24) is 0 Å². The fraction of sp³-hybridized carbons (Fsp3) is 0.188. The number of rotatable bonds is 6. The standard InChI is InChI=1S/C16H19N3O2/c1-21-14-9-5-8-13(10-14)18-15(11-16(17)19-20)12-6-3-2-4-7-12/h2-10,15,18,20H,11H2,1H3,(H2,17,19). The third-order valence-electron chi connectivity index (χ3n) is 3.15. The molecule has 2 rings (SSSR count). The van der Waals surface area contributed by atoms with E-state index in [2.05, 4.69) is 10.5 Å². The Balaban J connectivity index is 2.23. The minimum Gasteiger partial charge on any atom is -0.497 e. The van der Waals surface area contributed by atoms with Crippen molar-refractivity contribution < 1.29 is 9.94 Å². The van der Waals surface area contributed by atoms with Gasteiger partial charge in [0, 0.05) is 18.2 Å². The molecule has 21 heavy (non-hydrogen) atoms. The van der Waals surface area contributed by atoms with Gasteiger partial charge in [0.2, 0.25) is 0 Å². The average Bonchev–Trinajstić information content (AvgIpc) is 2.55. The molecule has 5 nitrogen and oxygen atoms in total. The van der Waals surface area contributed by atoms with E-state index < -0.39 is 0 Å². The van der Waals surface area contributed by atoms with Crippen LogP contribution in [0.5, 0.6) is 5.75 Å². The highest BCUT2D eigenvalue weighted by atomic mass is 16.5. The van der Waals surface area contributed by atoms with E-state index in [0.29, 0.717) is 6.42 Å². The van der Waals surface area contributed by atoms with E-state index in [4.69, 9.17) is 15.7 Å². The van der Waals surface area contributed by atoms with Crippen LogP contribution in [0.3, 0.4) is 0 Å². The smallest absolute Gasteiger partial charge is 0.141 e. The van der Waals surface area contributed by atoms with Gasteiger partial charge in [0.05, 0.1) is 13.2 Å². The minimum atomic E-state index is -0.0887. The zero-order valence-electron chi connectivity index (χ0n) is 11.9. The Morgan fingerprint density at radius 2 is 2.00 bits per heavy atom. The van der Waals surface area contributed by atoms with E-state index in [0.717, 1.165) is 17.0 Å². The van der Waals surface area contributed by atoms with Gasteiger partial charge in [0.1, 0.15) is 11.6 Å². The van der Waals surface area contributed by atoms with Gasteiger partial charge < -0.3 is 21.0 Å². The lowest BCUT2D eigenvalue weighted by molar-refractivity contribution is 0.316. The molecule has 0 aromatic heterocycles. The summed E-state index contributed by atoms with van der Waals surface area (Å²) in [7, 11) is 1.63.